The molecule has 0 aliphatic carbocycles. The van der Waals surface area contributed by atoms with E-state index in [9.17, 15) is 10.1 Å². The van der Waals surface area contributed by atoms with Crippen LogP contribution in [-0.2, 0) is 6.54 Å². The molecule has 0 unspecified atom stereocenters. The van der Waals surface area contributed by atoms with Crippen LogP contribution in [0.4, 0.5) is 5.82 Å². The highest BCUT2D eigenvalue weighted by Crippen LogP contribution is 2.27. The molecule has 0 aliphatic heterocycles. The Labute approximate surface area is 125 Å². The van der Waals surface area contributed by atoms with Gasteiger partial charge in [-0.25, -0.2) is 4.98 Å². The van der Waals surface area contributed by atoms with Crippen LogP contribution in [0.3, 0.4) is 0 Å². The lowest BCUT2D eigenvalue weighted by atomic mass is 10.1. The number of imidazole rings is 1. The summed E-state index contributed by atoms with van der Waals surface area (Å²) >= 11 is 6.36. The first kappa shape index (κ1) is 13.5. The lowest BCUT2D eigenvalue weighted by Gasteiger charge is -2.09. The average Bonchev–Trinajstić information content (AvgIpc) is 2.93. The number of halogens is 1. The van der Waals surface area contributed by atoms with Crippen LogP contribution in [0.2, 0.25) is 5.02 Å². The van der Waals surface area contributed by atoms with E-state index in [4.69, 9.17) is 11.6 Å². The summed E-state index contributed by atoms with van der Waals surface area (Å²) in [6.45, 7) is 2.28. The molecule has 7 heteroatoms. The van der Waals surface area contributed by atoms with Gasteiger partial charge in [-0.15, -0.1) is 0 Å². The van der Waals surface area contributed by atoms with Crippen molar-refractivity contribution in [3.63, 3.8) is 0 Å². The molecule has 3 aromatic rings. The predicted octanol–water partition coefficient (Wildman–Crippen LogP) is 3.35. The fourth-order valence-electron chi connectivity index (χ4n) is 2.22. The van der Waals surface area contributed by atoms with Crippen LogP contribution in [0.15, 0.2) is 36.8 Å². The van der Waals surface area contributed by atoms with Gasteiger partial charge in [0, 0.05) is 5.39 Å². The lowest BCUT2D eigenvalue weighted by molar-refractivity contribution is -0.389. The zero-order valence-corrected chi connectivity index (χ0v) is 11.9. The van der Waals surface area contributed by atoms with Crippen molar-refractivity contribution in [1.82, 2.24) is 14.5 Å². The molecule has 0 fully saturated rings. The Morgan fingerprint density at radius 3 is 2.86 bits per heavy atom. The van der Waals surface area contributed by atoms with Crippen molar-refractivity contribution in [2.24, 2.45) is 0 Å². The maximum atomic E-state index is 10.7. The van der Waals surface area contributed by atoms with Gasteiger partial charge >= 0.3 is 5.82 Å². The monoisotopic (exact) mass is 302 g/mol. The van der Waals surface area contributed by atoms with Gasteiger partial charge in [-0.05, 0) is 28.5 Å². The third-order valence-electron chi connectivity index (χ3n) is 3.29. The first-order valence-electron chi connectivity index (χ1n) is 6.26. The minimum absolute atomic E-state index is 0.191. The Hall–Kier alpha value is -2.47. The summed E-state index contributed by atoms with van der Waals surface area (Å²) in [4.78, 5) is 18.4. The van der Waals surface area contributed by atoms with E-state index in [2.05, 4.69) is 9.97 Å². The molecule has 0 spiro atoms. The van der Waals surface area contributed by atoms with Crippen LogP contribution in [0.5, 0.6) is 0 Å². The molecule has 0 bridgehead atoms. The molecule has 106 valence electrons. The zero-order chi connectivity index (χ0) is 15.0. The third kappa shape index (κ3) is 2.45. The van der Waals surface area contributed by atoms with E-state index in [-0.39, 0.29) is 5.82 Å². The number of rotatable bonds is 3. The van der Waals surface area contributed by atoms with Crippen molar-refractivity contribution in [3.05, 3.63) is 63.2 Å². The molecule has 2 heterocycles. The second kappa shape index (κ2) is 5.14. The molecule has 6 nitrogen and oxygen atoms in total. The SMILES string of the molecule is Cc1c(Cl)c(Cn2cnc([N+](=O)[O-])c2)nc2ccccc12. The van der Waals surface area contributed by atoms with Gasteiger partial charge in [-0.2, -0.15) is 0 Å². The molecule has 0 aliphatic rings. The van der Waals surface area contributed by atoms with E-state index >= 15 is 0 Å². The summed E-state index contributed by atoms with van der Waals surface area (Å²) in [5.41, 5.74) is 2.47. The Kier molecular flexibility index (Phi) is 3.31. The maximum Gasteiger partial charge on any atom is 0.381 e. The minimum atomic E-state index is -0.531. The Balaban J connectivity index is 2.03. The summed E-state index contributed by atoms with van der Waals surface area (Å²) in [5.74, 6) is -0.191. The maximum absolute atomic E-state index is 10.7. The van der Waals surface area contributed by atoms with E-state index in [0.29, 0.717) is 17.3 Å². The topological polar surface area (TPSA) is 73.8 Å². The highest BCUT2D eigenvalue weighted by Gasteiger charge is 2.14. The van der Waals surface area contributed by atoms with Gasteiger partial charge in [0.25, 0.3) is 0 Å². The molecular formula is C14H11ClN4O2. The van der Waals surface area contributed by atoms with Gasteiger partial charge in [-0.3, -0.25) is 0 Å². The van der Waals surface area contributed by atoms with Crippen LogP contribution in [-0.4, -0.2) is 19.5 Å². The Bertz CT molecular complexity index is 844. The van der Waals surface area contributed by atoms with Gasteiger partial charge in [0.05, 0.1) is 22.8 Å². The number of hydrogen-bond acceptors (Lipinski definition) is 4. The minimum Gasteiger partial charge on any atom is -0.358 e. The first-order chi connectivity index (χ1) is 10.1. The molecule has 0 N–H and O–H groups in total. The highest BCUT2D eigenvalue weighted by molar-refractivity contribution is 6.32. The van der Waals surface area contributed by atoms with Gasteiger partial charge in [0.15, 0.2) is 0 Å². The summed E-state index contributed by atoms with van der Waals surface area (Å²) in [5, 5.41) is 12.2. The van der Waals surface area contributed by atoms with Crippen LogP contribution < -0.4 is 0 Å². The number of aryl methyl sites for hydroxylation is 1. The smallest absolute Gasteiger partial charge is 0.358 e. The molecule has 0 amide bonds. The summed E-state index contributed by atoms with van der Waals surface area (Å²) in [6, 6.07) is 7.73. The zero-order valence-electron chi connectivity index (χ0n) is 11.2. The van der Waals surface area contributed by atoms with E-state index in [1.807, 2.05) is 31.2 Å². The number of para-hydroxylation sites is 1. The number of hydrogen-bond donors (Lipinski definition) is 0. The van der Waals surface area contributed by atoms with Crippen molar-refractivity contribution in [3.8, 4) is 0 Å². The van der Waals surface area contributed by atoms with Crippen molar-refractivity contribution in [2.45, 2.75) is 13.5 Å². The van der Waals surface area contributed by atoms with E-state index in [1.165, 1.54) is 12.5 Å². The van der Waals surface area contributed by atoms with Gasteiger partial charge in [0.2, 0.25) is 6.33 Å². The fourth-order valence-corrected chi connectivity index (χ4v) is 2.43. The van der Waals surface area contributed by atoms with Crippen LogP contribution in [0.25, 0.3) is 10.9 Å². The largest absolute Gasteiger partial charge is 0.381 e. The lowest BCUT2D eigenvalue weighted by Crippen LogP contribution is -2.02. The van der Waals surface area contributed by atoms with E-state index < -0.39 is 4.92 Å². The summed E-state index contributed by atoms with van der Waals surface area (Å²) < 4.78 is 1.60. The van der Waals surface area contributed by atoms with Crippen molar-refractivity contribution in [1.29, 1.82) is 0 Å². The molecular weight excluding hydrogens is 292 g/mol. The molecule has 0 saturated carbocycles. The highest BCUT2D eigenvalue weighted by atomic mass is 35.5. The van der Waals surface area contributed by atoms with Gasteiger partial charge < -0.3 is 14.7 Å². The van der Waals surface area contributed by atoms with E-state index in [0.717, 1.165) is 16.5 Å². The Morgan fingerprint density at radius 2 is 2.14 bits per heavy atom. The van der Waals surface area contributed by atoms with Crippen molar-refractivity contribution in [2.75, 3.05) is 0 Å². The predicted molar refractivity (Wildman–Crippen MR) is 79.5 cm³/mol. The van der Waals surface area contributed by atoms with Crippen LogP contribution in [0.1, 0.15) is 11.3 Å². The molecule has 3 rings (SSSR count). The number of pyridine rings is 1. The molecule has 21 heavy (non-hydrogen) atoms. The van der Waals surface area contributed by atoms with E-state index in [1.54, 1.807) is 4.57 Å². The molecule has 0 radical (unpaired) electrons. The standard InChI is InChI=1S/C14H11ClN4O2/c1-9-10-4-2-3-5-11(10)17-12(14(9)15)6-18-7-13(16-8-18)19(20)21/h2-5,7-8H,6H2,1H3. The Morgan fingerprint density at radius 1 is 1.38 bits per heavy atom. The quantitative estimate of drug-likeness (QED) is 0.549. The van der Waals surface area contributed by atoms with Crippen molar-refractivity contribution < 1.29 is 4.92 Å². The first-order valence-corrected chi connectivity index (χ1v) is 6.64. The second-order valence-electron chi connectivity index (χ2n) is 4.68. The molecule has 2 aromatic heterocycles. The third-order valence-corrected chi connectivity index (χ3v) is 3.79. The normalized spacial score (nSPS) is 11.0. The van der Waals surface area contributed by atoms with Gasteiger partial charge in [-0.1, -0.05) is 29.8 Å². The average molecular weight is 303 g/mol. The molecule has 0 saturated heterocycles. The fraction of sp³-hybridized carbons (Fsp3) is 0.143. The summed E-state index contributed by atoms with van der Waals surface area (Å²) in [7, 11) is 0. The van der Waals surface area contributed by atoms with Crippen molar-refractivity contribution >= 4 is 28.3 Å². The number of benzene rings is 1. The number of nitrogens with zero attached hydrogens (tertiary/aromatic N) is 4. The summed E-state index contributed by atoms with van der Waals surface area (Å²) in [6.07, 6.45) is 2.77. The van der Waals surface area contributed by atoms with Crippen LogP contribution >= 0.6 is 11.6 Å². The van der Waals surface area contributed by atoms with Crippen LogP contribution in [0, 0.1) is 17.0 Å². The number of fused-ring (bicyclic) bond motifs is 1. The molecule has 1 aromatic carbocycles. The number of aromatic nitrogens is 3. The molecule has 0 atom stereocenters. The van der Waals surface area contributed by atoms with Gasteiger partial charge in [0.1, 0.15) is 6.20 Å². The number of nitro groups is 1. The second-order valence-corrected chi connectivity index (χ2v) is 5.05.